The highest BCUT2D eigenvalue weighted by atomic mass is 32.2. The number of carbonyl (C=O) groups excluding carboxylic acids is 1. The van der Waals surface area contributed by atoms with Gasteiger partial charge >= 0.3 is 0 Å². The molecule has 4 rings (SSSR count). The maximum absolute atomic E-state index is 12.7. The van der Waals surface area contributed by atoms with Gasteiger partial charge in [0.25, 0.3) is 0 Å². The van der Waals surface area contributed by atoms with Gasteiger partial charge in [-0.1, -0.05) is 37.9 Å². The molecule has 0 spiro atoms. The van der Waals surface area contributed by atoms with Crippen LogP contribution in [-0.2, 0) is 4.79 Å². The molecule has 0 atom stereocenters. The van der Waals surface area contributed by atoms with Gasteiger partial charge in [-0.2, -0.15) is 0 Å². The maximum Gasteiger partial charge on any atom is 0.233 e. The van der Waals surface area contributed by atoms with Gasteiger partial charge in [0.05, 0.1) is 5.75 Å². The molecule has 2 fully saturated rings. The molecule has 2 heterocycles. The summed E-state index contributed by atoms with van der Waals surface area (Å²) < 4.78 is 2.24. The Morgan fingerprint density at radius 2 is 1.76 bits per heavy atom. The number of nitrogens with zero attached hydrogens (tertiary/aromatic N) is 4. The van der Waals surface area contributed by atoms with Crippen molar-refractivity contribution in [2.24, 2.45) is 5.92 Å². The summed E-state index contributed by atoms with van der Waals surface area (Å²) in [6.07, 6.45) is 8.14. The van der Waals surface area contributed by atoms with Gasteiger partial charge in [0.15, 0.2) is 11.0 Å². The second kappa shape index (κ2) is 9.20. The molecule has 1 saturated carbocycles. The van der Waals surface area contributed by atoms with Crippen LogP contribution in [0.15, 0.2) is 29.4 Å². The number of carbonyl (C=O) groups is 1. The fourth-order valence-corrected chi connectivity index (χ4v) is 5.24. The topological polar surface area (TPSA) is 71.2 Å². The number of phenolic OH excluding ortho intramolecular Hbond substituents is 1. The van der Waals surface area contributed by atoms with Crippen LogP contribution in [0, 0.1) is 5.92 Å². The van der Waals surface area contributed by atoms with Crippen molar-refractivity contribution in [1.82, 2.24) is 19.7 Å². The Labute approximate surface area is 176 Å². The zero-order chi connectivity index (χ0) is 20.2. The van der Waals surface area contributed by atoms with Gasteiger partial charge in [0.1, 0.15) is 5.75 Å². The Bertz CT molecular complexity index is 822. The Morgan fingerprint density at radius 3 is 2.45 bits per heavy atom. The maximum atomic E-state index is 12.7. The van der Waals surface area contributed by atoms with Crippen molar-refractivity contribution in [3.05, 3.63) is 24.3 Å². The van der Waals surface area contributed by atoms with E-state index in [9.17, 15) is 9.90 Å². The number of aromatic hydroxyl groups is 1. The SMILES string of the molecule is CC1CCN(C(=O)CSc2nnc(-c3ccc(O)cc3)n2C2CCCCC2)CC1. The summed E-state index contributed by atoms with van der Waals surface area (Å²) in [6, 6.07) is 7.50. The number of benzene rings is 1. The fourth-order valence-electron chi connectivity index (χ4n) is 4.33. The van der Waals surface area contributed by atoms with Crippen LogP contribution >= 0.6 is 11.8 Å². The number of likely N-dealkylation sites (tertiary alicyclic amines) is 1. The van der Waals surface area contributed by atoms with Crippen LogP contribution in [0.25, 0.3) is 11.4 Å². The van der Waals surface area contributed by atoms with E-state index in [1.807, 2.05) is 17.0 Å². The fraction of sp³-hybridized carbons (Fsp3) is 0.591. The predicted octanol–water partition coefficient (Wildman–Crippen LogP) is 4.51. The summed E-state index contributed by atoms with van der Waals surface area (Å²) >= 11 is 1.51. The zero-order valence-corrected chi connectivity index (χ0v) is 17.9. The van der Waals surface area contributed by atoms with Crippen LogP contribution in [0.4, 0.5) is 0 Å². The Balaban J connectivity index is 1.53. The summed E-state index contributed by atoms with van der Waals surface area (Å²) in [6.45, 7) is 4.00. The van der Waals surface area contributed by atoms with E-state index in [1.165, 1.54) is 31.0 Å². The van der Waals surface area contributed by atoms with Crippen molar-refractivity contribution in [2.75, 3.05) is 18.8 Å². The molecule has 2 aromatic rings. The zero-order valence-electron chi connectivity index (χ0n) is 17.1. The summed E-state index contributed by atoms with van der Waals surface area (Å²) in [7, 11) is 0. The van der Waals surface area contributed by atoms with E-state index in [2.05, 4.69) is 21.7 Å². The third-order valence-corrected chi connectivity index (χ3v) is 7.12. The molecule has 1 aromatic carbocycles. The number of hydrogen-bond acceptors (Lipinski definition) is 5. The van der Waals surface area contributed by atoms with E-state index in [0.717, 1.165) is 55.3 Å². The van der Waals surface area contributed by atoms with E-state index < -0.39 is 0 Å². The standard InChI is InChI=1S/C22H30N4O2S/c1-16-11-13-25(14-12-16)20(28)15-29-22-24-23-21(17-7-9-19(27)10-8-17)26(22)18-5-3-2-4-6-18/h7-10,16,18,27H,2-6,11-15H2,1H3. The molecule has 1 aliphatic carbocycles. The first-order chi connectivity index (χ1) is 14.1. The van der Waals surface area contributed by atoms with Crippen LogP contribution in [0.1, 0.15) is 57.9 Å². The third-order valence-electron chi connectivity index (χ3n) is 6.19. The molecular weight excluding hydrogens is 384 g/mol. The van der Waals surface area contributed by atoms with Crippen LogP contribution in [0.5, 0.6) is 5.75 Å². The summed E-state index contributed by atoms with van der Waals surface area (Å²) in [5.74, 6) is 2.40. The van der Waals surface area contributed by atoms with Crippen molar-refractivity contribution >= 4 is 17.7 Å². The van der Waals surface area contributed by atoms with Crippen molar-refractivity contribution < 1.29 is 9.90 Å². The third kappa shape index (κ3) is 4.77. The number of hydrogen-bond donors (Lipinski definition) is 1. The van der Waals surface area contributed by atoms with Gasteiger partial charge in [-0.3, -0.25) is 9.36 Å². The van der Waals surface area contributed by atoms with Crippen molar-refractivity contribution in [1.29, 1.82) is 0 Å². The summed E-state index contributed by atoms with van der Waals surface area (Å²) in [5, 5.41) is 19.4. The van der Waals surface area contributed by atoms with Crippen LogP contribution in [-0.4, -0.2) is 49.5 Å². The number of rotatable bonds is 5. The Morgan fingerprint density at radius 1 is 1.07 bits per heavy atom. The first-order valence-electron chi connectivity index (χ1n) is 10.8. The monoisotopic (exact) mass is 414 g/mol. The van der Waals surface area contributed by atoms with Crippen LogP contribution < -0.4 is 0 Å². The average Bonchev–Trinajstić information content (AvgIpc) is 3.17. The lowest BCUT2D eigenvalue weighted by molar-refractivity contribution is -0.129. The lowest BCUT2D eigenvalue weighted by Gasteiger charge is -2.30. The Kier molecular flexibility index (Phi) is 6.43. The average molecular weight is 415 g/mol. The molecule has 1 aromatic heterocycles. The lowest BCUT2D eigenvalue weighted by Crippen LogP contribution is -2.39. The highest BCUT2D eigenvalue weighted by molar-refractivity contribution is 7.99. The van der Waals surface area contributed by atoms with Crippen LogP contribution in [0.2, 0.25) is 0 Å². The van der Waals surface area contributed by atoms with Crippen molar-refractivity contribution in [3.63, 3.8) is 0 Å². The smallest absolute Gasteiger partial charge is 0.233 e. The molecule has 1 amide bonds. The first kappa shape index (κ1) is 20.3. The molecule has 1 saturated heterocycles. The molecule has 2 aliphatic rings. The minimum atomic E-state index is 0.200. The number of phenols is 1. The summed E-state index contributed by atoms with van der Waals surface area (Å²) in [5.41, 5.74) is 0.948. The van der Waals surface area contributed by atoms with Gasteiger partial charge in [-0.05, 0) is 55.9 Å². The predicted molar refractivity (Wildman–Crippen MR) is 115 cm³/mol. The molecule has 1 aliphatic heterocycles. The van der Waals surface area contributed by atoms with E-state index in [4.69, 9.17) is 0 Å². The van der Waals surface area contributed by atoms with Gasteiger partial charge in [-0.25, -0.2) is 0 Å². The van der Waals surface area contributed by atoms with Gasteiger partial charge in [0, 0.05) is 24.7 Å². The van der Waals surface area contributed by atoms with E-state index in [1.54, 1.807) is 12.1 Å². The van der Waals surface area contributed by atoms with Crippen molar-refractivity contribution in [3.8, 4) is 17.1 Å². The second-order valence-corrected chi connectivity index (χ2v) is 9.31. The molecule has 156 valence electrons. The molecule has 0 radical (unpaired) electrons. The molecule has 7 heteroatoms. The molecular formula is C22H30N4O2S. The van der Waals surface area contributed by atoms with E-state index >= 15 is 0 Å². The Hall–Kier alpha value is -2.02. The molecule has 0 unspecified atom stereocenters. The highest BCUT2D eigenvalue weighted by Crippen LogP contribution is 2.36. The normalized spacial score (nSPS) is 18.9. The van der Waals surface area contributed by atoms with Crippen molar-refractivity contribution in [2.45, 2.75) is 63.1 Å². The minimum Gasteiger partial charge on any atom is -0.508 e. The largest absolute Gasteiger partial charge is 0.508 e. The van der Waals surface area contributed by atoms with Gasteiger partial charge < -0.3 is 10.0 Å². The quantitative estimate of drug-likeness (QED) is 0.729. The minimum absolute atomic E-state index is 0.200. The molecule has 0 bridgehead atoms. The molecule has 1 N–H and O–H groups in total. The van der Waals surface area contributed by atoms with Gasteiger partial charge in [-0.15, -0.1) is 10.2 Å². The van der Waals surface area contributed by atoms with Gasteiger partial charge in [0.2, 0.25) is 5.91 Å². The van der Waals surface area contributed by atoms with Crippen LogP contribution in [0.3, 0.4) is 0 Å². The second-order valence-electron chi connectivity index (χ2n) is 8.37. The summed E-state index contributed by atoms with van der Waals surface area (Å²) in [4.78, 5) is 14.7. The van der Waals surface area contributed by atoms with E-state index in [0.29, 0.717) is 17.7 Å². The molecule has 6 nitrogen and oxygen atoms in total. The lowest BCUT2D eigenvalue weighted by atomic mass is 9.95. The number of amides is 1. The number of aromatic nitrogens is 3. The van der Waals surface area contributed by atoms with E-state index in [-0.39, 0.29) is 11.7 Å². The molecule has 29 heavy (non-hydrogen) atoms. The highest BCUT2D eigenvalue weighted by Gasteiger charge is 2.26. The first-order valence-corrected chi connectivity index (χ1v) is 11.8. The number of piperidine rings is 1. The number of thioether (sulfide) groups is 1.